The smallest absolute Gasteiger partial charge is 0.231 e. The molecule has 5 heteroatoms. The fourth-order valence-electron chi connectivity index (χ4n) is 2.88. The lowest BCUT2D eigenvalue weighted by molar-refractivity contribution is -0.136. The van der Waals surface area contributed by atoms with Gasteiger partial charge in [-0.15, -0.1) is 0 Å². The number of nitrogens with zero attached hydrogens (tertiary/aromatic N) is 1. The number of carbonyl (C=O) groups excluding carboxylic acids is 2. The van der Waals surface area contributed by atoms with Crippen molar-refractivity contribution in [2.24, 2.45) is 11.7 Å². The third kappa shape index (κ3) is 3.61. The molecule has 1 aromatic carbocycles. The van der Waals surface area contributed by atoms with Crippen LogP contribution in [0.5, 0.6) is 0 Å². The van der Waals surface area contributed by atoms with E-state index in [9.17, 15) is 9.59 Å². The number of rotatable bonds is 4. The summed E-state index contributed by atoms with van der Waals surface area (Å²) in [6, 6.07) is 9.60. The molecule has 2 amide bonds. The molecule has 114 valence electrons. The molecule has 0 saturated carbocycles. The zero-order chi connectivity index (χ0) is 15.2. The zero-order valence-corrected chi connectivity index (χ0v) is 12.4. The van der Waals surface area contributed by atoms with Crippen molar-refractivity contribution in [2.45, 2.75) is 18.8 Å². The molecule has 2 atom stereocenters. The second-order valence-electron chi connectivity index (χ2n) is 5.44. The SMILES string of the molecule is CNC(=O)C1CCCN(C(=O)C(CN)c2ccccc2)C1. The fraction of sp³-hybridized carbons (Fsp3) is 0.500. The number of benzene rings is 1. The molecule has 0 bridgehead atoms. The van der Waals surface area contributed by atoms with Gasteiger partial charge >= 0.3 is 0 Å². The summed E-state index contributed by atoms with van der Waals surface area (Å²) in [6.45, 7) is 1.47. The third-order valence-electron chi connectivity index (χ3n) is 4.09. The van der Waals surface area contributed by atoms with Gasteiger partial charge in [0, 0.05) is 26.7 Å². The van der Waals surface area contributed by atoms with E-state index in [1.54, 1.807) is 11.9 Å². The molecule has 1 saturated heterocycles. The van der Waals surface area contributed by atoms with Crippen molar-refractivity contribution in [1.82, 2.24) is 10.2 Å². The number of amides is 2. The van der Waals surface area contributed by atoms with Crippen LogP contribution in [0.25, 0.3) is 0 Å². The highest BCUT2D eigenvalue weighted by molar-refractivity contribution is 5.85. The summed E-state index contributed by atoms with van der Waals surface area (Å²) in [6.07, 6.45) is 1.69. The maximum absolute atomic E-state index is 12.7. The molecule has 5 nitrogen and oxygen atoms in total. The first kappa shape index (κ1) is 15.5. The van der Waals surface area contributed by atoms with E-state index in [4.69, 9.17) is 5.73 Å². The Morgan fingerprint density at radius 1 is 1.38 bits per heavy atom. The summed E-state index contributed by atoms with van der Waals surface area (Å²) in [4.78, 5) is 26.3. The second kappa shape index (κ2) is 7.22. The van der Waals surface area contributed by atoms with E-state index < -0.39 is 0 Å². The number of nitrogens with one attached hydrogen (secondary N) is 1. The Bertz CT molecular complexity index is 490. The Balaban J connectivity index is 2.09. The van der Waals surface area contributed by atoms with Crippen LogP contribution in [0.4, 0.5) is 0 Å². The molecule has 0 aromatic heterocycles. The van der Waals surface area contributed by atoms with E-state index in [0.29, 0.717) is 13.1 Å². The molecule has 0 radical (unpaired) electrons. The first-order chi connectivity index (χ1) is 10.2. The summed E-state index contributed by atoms with van der Waals surface area (Å²) in [5.41, 5.74) is 6.74. The summed E-state index contributed by atoms with van der Waals surface area (Å²) in [5, 5.41) is 2.67. The monoisotopic (exact) mass is 289 g/mol. The van der Waals surface area contributed by atoms with Crippen molar-refractivity contribution in [3.8, 4) is 0 Å². The summed E-state index contributed by atoms with van der Waals surface area (Å²) >= 11 is 0. The highest BCUT2D eigenvalue weighted by Gasteiger charge is 2.31. The van der Waals surface area contributed by atoms with Gasteiger partial charge in [0.25, 0.3) is 0 Å². The predicted molar refractivity (Wildman–Crippen MR) is 81.6 cm³/mol. The highest BCUT2D eigenvalue weighted by atomic mass is 16.2. The van der Waals surface area contributed by atoms with Crippen molar-refractivity contribution in [3.05, 3.63) is 35.9 Å². The van der Waals surface area contributed by atoms with Crippen molar-refractivity contribution in [3.63, 3.8) is 0 Å². The molecule has 0 aliphatic carbocycles. The Morgan fingerprint density at radius 3 is 2.71 bits per heavy atom. The number of hydrogen-bond donors (Lipinski definition) is 2. The molecule has 1 heterocycles. The first-order valence-electron chi connectivity index (χ1n) is 7.42. The average molecular weight is 289 g/mol. The van der Waals surface area contributed by atoms with Crippen LogP contribution in [0.1, 0.15) is 24.3 Å². The molecular formula is C16H23N3O2. The molecule has 3 N–H and O–H groups in total. The van der Waals surface area contributed by atoms with Gasteiger partial charge in [-0.1, -0.05) is 30.3 Å². The summed E-state index contributed by atoms with van der Waals surface area (Å²) < 4.78 is 0. The van der Waals surface area contributed by atoms with Gasteiger partial charge in [-0.25, -0.2) is 0 Å². The molecule has 21 heavy (non-hydrogen) atoms. The number of nitrogens with two attached hydrogens (primary N) is 1. The maximum atomic E-state index is 12.7. The van der Waals surface area contributed by atoms with Gasteiger partial charge in [0.2, 0.25) is 11.8 Å². The molecule has 1 fully saturated rings. The van der Waals surface area contributed by atoms with Crippen molar-refractivity contribution < 1.29 is 9.59 Å². The fourth-order valence-corrected chi connectivity index (χ4v) is 2.88. The normalized spacial score (nSPS) is 19.9. The molecule has 0 spiro atoms. The minimum Gasteiger partial charge on any atom is -0.359 e. The van der Waals surface area contributed by atoms with Crippen LogP contribution >= 0.6 is 0 Å². The first-order valence-corrected chi connectivity index (χ1v) is 7.42. The second-order valence-corrected chi connectivity index (χ2v) is 5.44. The van der Waals surface area contributed by atoms with Gasteiger partial charge in [0.05, 0.1) is 11.8 Å². The van der Waals surface area contributed by atoms with E-state index >= 15 is 0 Å². The largest absolute Gasteiger partial charge is 0.359 e. The highest BCUT2D eigenvalue weighted by Crippen LogP contribution is 2.22. The Hall–Kier alpha value is -1.88. The van der Waals surface area contributed by atoms with Gasteiger partial charge in [0.15, 0.2) is 0 Å². The lowest BCUT2D eigenvalue weighted by Crippen LogP contribution is -2.47. The average Bonchev–Trinajstić information content (AvgIpc) is 2.55. The van der Waals surface area contributed by atoms with Crippen molar-refractivity contribution >= 4 is 11.8 Å². The number of carbonyl (C=O) groups is 2. The van der Waals surface area contributed by atoms with Crippen LogP contribution < -0.4 is 11.1 Å². The predicted octanol–water partition coefficient (Wildman–Crippen LogP) is 0.714. The maximum Gasteiger partial charge on any atom is 0.231 e. The Morgan fingerprint density at radius 2 is 2.10 bits per heavy atom. The van der Waals surface area contributed by atoms with Crippen LogP contribution in [0.15, 0.2) is 30.3 Å². The molecule has 1 aliphatic heterocycles. The van der Waals surface area contributed by atoms with Crippen LogP contribution in [0, 0.1) is 5.92 Å². The van der Waals surface area contributed by atoms with Crippen LogP contribution in [0.3, 0.4) is 0 Å². The Labute approximate surface area is 125 Å². The van der Waals surface area contributed by atoms with Crippen LogP contribution in [-0.2, 0) is 9.59 Å². The quantitative estimate of drug-likeness (QED) is 0.857. The van der Waals surface area contributed by atoms with E-state index in [2.05, 4.69) is 5.32 Å². The number of hydrogen-bond acceptors (Lipinski definition) is 3. The van der Waals surface area contributed by atoms with E-state index in [-0.39, 0.29) is 30.2 Å². The number of piperidine rings is 1. The standard InChI is InChI=1S/C16H23N3O2/c1-18-15(20)13-8-5-9-19(11-13)16(21)14(10-17)12-6-3-2-4-7-12/h2-4,6-7,13-14H,5,8-11,17H2,1H3,(H,18,20). The molecule has 1 aliphatic rings. The van der Waals surface area contributed by atoms with Crippen molar-refractivity contribution in [2.75, 3.05) is 26.7 Å². The Kier molecular flexibility index (Phi) is 5.33. The van der Waals surface area contributed by atoms with Crippen molar-refractivity contribution in [1.29, 1.82) is 0 Å². The number of likely N-dealkylation sites (tertiary alicyclic amines) is 1. The summed E-state index contributed by atoms with van der Waals surface area (Å²) in [7, 11) is 1.63. The molecule has 1 aromatic rings. The van der Waals surface area contributed by atoms with Gasteiger partial charge in [-0.3, -0.25) is 9.59 Å². The third-order valence-corrected chi connectivity index (χ3v) is 4.09. The minimum atomic E-state index is -0.324. The molecular weight excluding hydrogens is 266 g/mol. The van der Waals surface area contributed by atoms with Gasteiger partial charge in [0.1, 0.15) is 0 Å². The summed E-state index contributed by atoms with van der Waals surface area (Å²) in [5.74, 6) is -0.398. The zero-order valence-electron chi connectivity index (χ0n) is 12.4. The van der Waals surface area contributed by atoms with E-state index in [1.165, 1.54) is 0 Å². The van der Waals surface area contributed by atoms with E-state index in [1.807, 2.05) is 30.3 Å². The van der Waals surface area contributed by atoms with E-state index in [0.717, 1.165) is 18.4 Å². The van der Waals surface area contributed by atoms with Gasteiger partial charge in [-0.05, 0) is 18.4 Å². The van der Waals surface area contributed by atoms with Gasteiger partial charge < -0.3 is 16.0 Å². The molecule has 2 unspecified atom stereocenters. The minimum absolute atomic E-state index is 0.0107. The lowest BCUT2D eigenvalue weighted by atomic mass is 9.93. The van der Waals surface area contributed by atoms with Gasteiger partial charge in [-0.2, -0.15) is 0 Å². The van der Waals surface area contributed by atoms with Crippen LogP contribution in [-0.4, -0.2) is 43.4 Å². The topological polar surface area (TPSA) is 75.4 Å². The van der Waals surface area contributed by atoms with Crippen LogP contribution in [0.2, 0.25) is 0 Å². The lowest BCUT2D eigenvalue weighted by Gasteiger charge is -2.34. The molecule has 2 rings (SSSR count).